The van der Waals surface area contributed by atoms with Gasteiger partial charge in [0.2, 0.25) is 0 Å². The van der Waals surface area contributed by atoms with Gasteiger partial charge in [0, 0.05) is 0 Å². The largest absolute Gasteiger partial charge is 1.00 e. The third-order valence-corrected chi connectivity index (χ3v) is 1.67. The molecule has 54 valence electrons. The van der Waals surface area contributed by atoms with Gasteiger partial charge in [0.15, 0.2) is 0 Å². The van der Waals surface area contributed by atoms with Crippen molar-refractivity contribution in [3.8, 4) is 0 Å². The normalized spacial score (nSPS) is 40.5. The molecule has 1 fully saturated rings. The van der Waals surface area contributed by atoms with Crippen LogP contribution in [0.5, 0.6) is 0 Å². The minimum Gasteiger partial charge on any atom is -0.848 e. The summed E-state index contributed by atoms with van der Waals surface area (Å²) < 4.78 is 24.6. The predicted molar refractivity (Wildman–Crippen MR) is 27.4 cm³/mol. The van der Waals surface area contributed by atoms with Crippen molar-refractivity contribution in [2.24, 2.45) is 0 Å². The molecule has 1 rings (SSSR count). The van der Waals surface area contributed by atoms with Gasteiger partial charge in [0.05, 0.1) is 12.3 Å². The van der Waals surface area contributed by atoms with E-state index in [1.165, 1.54) is 0 Å². The molecule has 1 saturated carbocycles. The molecule has 0 radical (unpaired) electrons. The van der Waals surface area contributed by atoms with Gasteiger partial charge in [-0.15, -0.1) is 0 Å². The minimum atomic E-state index is -1.61. The fourth-order valence-corrected chi connectivity index (χ4v) is 1.06. The van der Waals surface area contributed by atoms with Crippen LogP contribution < -0.4 is 34.7 Å². The van der Waals surface area contributed by atoms with Crippen molar-refractivity contribution in [2.45, 2.75) is 37.7 Å². The molecule has 0 aliphatic heterocycles. The van der Waals surface area contributed by atoms with Crippen molar-refractivity contribution in [3.05, 3.63) is 0 Å². The maximum Gasteiger partial charge on any atom is 1.00 e. The van der Waals surface area contributed by atoms with E-state index in [9.17, 15) is 13.9 Å². The van der Waals surface area contributed by atoms with E-state index in [0.29, 0.717) is 6.42 Å². The van der Waals surface area contributed by atoms with Gasteiger partial charge < -0.3 is 5.11 Å². The smallest absolute Gasteiger partial charge is 0.848 e. The van der Waals surface area contributed by atoms with E-state index in [0.717, 1.165) is 0 Å². The summed E-state index contributed by atoms with van der Waals surface area (Å²) in [6.07, 6.45) is -3.51. The van der Waals surface area contributed by atoms with Gasteiger partial charge in [0.25, 0.3) is 0 Å². The molecular weight excluding hydrogens is 149 g/mol. The van der Waals surface area contributed by atoms with Gasteiger partial charge in [-0.1, -0.05) is 6.10 Å². The third kappa shape index (κ3) is 2.46. The number of rotatable bonds is 0. The van der Waals surface area contributed by atoms with Crippen LogP contribution in [0.3, 0.4) is 0 Å². The predicted octanol–water partition coefficient (Wildman–Crippen LogP) is -2.42. The SMILES string of the molecule is [Na+].[O-]C1C(F)CCCC1F. The van der Waals surface area contributed by atoms with Gasteiger partial charge in [0.1, 0.15) is 0 Å². The van der Waals surface area contributed by atoms with Crippen LogP contribution in [0.15, 0.2) is 0 Å². The van der Waals surface area contributed by atoms with Crippen LogP contribution in [0, 0.1) is 0 Å². The minimum absolute atomic E-state index is 0. The zero-order valence-corrected chi connectivity index (χ0v) is 8.02. The Morgan fingerprint density at radius 3 is 1.80 bits per heavy atom. The van der Waals surface area contributed by atoms with E-state index >= 15 is 0 Å². The second-order valence-corrected chi connectivity index (χ2v) is 2.43. The van der Waals surface area contributed by atoms with Crippen LogP contribution in [0.4, 0.5) is 8.78 Å². The Balaban J connectivity index is 0.000000810. The van der Waals surface area contributed by atoms with E-state index in [-0.39, 0.29) is 42.4 Å². The average Bonchev–Trinajstić information content (AvgIpc) is 1.83. The molecule has 10 heavy (non-hydrogen) atoms. The van der Waals surface area contributed by atoms with Crippen LogP contribution in [0.2, 0.25) is 0 Å². The van der Waals surface area contributed by atoms with Gasteiger partial charge in [-0.2, -0.15) is 0 Å². The van der Waals surface area contributed by atoms with Crippen molar-refractivity contribution in [1.29, 1.82) is 0 Å². The average molecular weight is 158 g/mol. The maximum absolute atomic E-state index is 12.3. The maximum atomic E-state index is 12.3. The third-order valence-electron chi connectivity index (χ3n) is 1.67. The summed E-state index contributed by atoms with van der Waals surface area (Å²) in [7, 11) is 0. The van der Waals surface area contributed by atoms with Crippen LogP contribution in [-0.2, 0) is 0 Å². The molecule has 1 aliphatic carbocycles. The van der Waals surface area contributed by atoms with Crippen LogP contribution in [0.1, 0.15) is 19.3 Å². The van der Waals surface area contributed by atoms with Gasteiger partial charge in [-0.25, -0.2) is 8.78 Å². The second kappa shape index (κ2) is 4.65. The van der Waals surface area contributed by atoms with Crippen LogP contribution in [-0.4, -0.2) is 18.4 Å². The fourth-order valence-electron chi connectivity index (χ4n) is 1.06. The molecule has 4 heteroatoms. The Morgan fingerprint density at radius 2 is 1.50 bits per heavy atom. The van der Waals surface area contributed by atoms with E-state index in [1.54, 1.807) is 0 Å². The number of halogens is 2. The number of hydrogen-bond donors (Lipinski definition) is 0. The Hall–Kier alpha value is 0.820. The monoisotopic (exact) mass is 158 g/mol. The van der Waals surface area contributed by atoms with Gasteiger partial charge >= 0.3 is 29.6 Å². The molecule has 0 aromatic rings. The molecule has 0 amide bonds. The molecule has 0 aromatic carbocycles. The first-order valence-corrected chi connectivity index (χ1v) is 3.16. The first-order valence-electron chi connectivity index (χ1n) is 3.16. The van der Waals surface area contributed by atoms with Crippen LogP contribution >= 0.6 is 0 Å². The molecule has 2 unspecified atom stereocenters. The summed E-state index contributed by atoms with van der Waals surface area (Å²) in [5.41, 5.74) is 0. The topological polar surface area (TPSA) is 23.1 Å². The Bertz CT molecular complexity index is 91.7. The van der Waals surface area contributed by atoms with Gasteiger partial charge in [-0.05, 0) is 19.3 Å². The van der Waals surface area contributed by atoms with Crippen molar-refractivity contribution in [1.82, 2.24) is 0 Å². The number of hydrogen-bond acceptors (Lipinski definition) is 1. The van der Waals surface area contributed by atoms with Crippen LogP contribution in [0.25, 0.3) is 0 Å². The van der Waals surface area contributed by atoms with Crippen molar-refractivity contribution in [2.75, 3.05) is 0 Å². The van der Waals surface area contributed by atoms with Gasteiger partial charge in [-0.3, -0.25) is 0 Å². The fraction of sp³-hybridized carbons (Fsp3) is 1.00. The quantitative estimate of drug-likeness (QED) is 0.360. The molecular formula is C6H9F2NaO. The molecule has 0 aromatic heterocycles. The van der Waals surface area contributed by atoms with Crippen molar-refractivity contribution in [3.63, 3.8) is 0 Å². The Kier molecular flexibility index (Phi) is 5.03. The summed E-state index contributed by atoms with van der Waals surface area (Å²) in [4.78, 5) is 0. The first-order chi connectivity index (χ1) is 4.22. The molecule has 0 N–H and O–H groups in total. The standard InChI is InChI=1S/C6H9F2O.Na/c7-4-2-1-3-5(8)6(4)9;/h4-6H,1-3H2;/q-1;+1. The van der Waals surface area contributed by atoms with E-state index in [2.05, 4.69) is 0 Å². The first kappa shape index (κ1) is 10.8. The second-order valence-electron chi connectivity index (χ2n) is 2.43. The molecule has 0 saturated heterocycles. The van der Waals surface area contributed by atoms with Crippen molar-refractivity contribution >= 4 is 0 Å². The summed E-state index contributed by atoms with van der Waals surface area (Å²) >= 11 is 0. The zero-order chi connectivity index (χ0) is 6.85. The molecule has 0 bridgehead atoms. The zero-order valence-electron chi connectivity index (χ0n) is 6.02. The summed E-state index contributed by atoms with van der Waals surface area (Å²) in [6.45, 7) is 0. The summed E-state index contributed by atoms with van der Waals surface area (Å²) in [6, 6.07) is 0. The van der Waals surface area contributed by atoms with E-state index in [4.69, 9.17) is 0 Å². The number of alkyl halides is 2. The molecule has 0 heterocycles. The Labute approximate surface area is 81.1 Å². The van der Waals surface area contributed by atoms with Crippen molar-refractivity contribution < 1.29 is 43.4 Å². The summed E-state index contributed by atoms with van der Waals surface area (Å²) in [5.74, 6) is 0. The molecule has 0 spiro atoms. The molecule has 1 aliphatic rings. The molecule has 1 nitrogen and oxygen atoms in total. The van der Waals surface area contributed by atoms with E-state index in [1.807, 2.05) is 0 Å². The molecule has 2 atom stereocenters. The van der Waals surface area contributed by atoms with E-state index < -0.39 is 18.4 Å². The summed E-state index contributed by atoms with van der Waals surface area (Å²) in [5, 5.41) is 10.5. The Morgan fingerprint density at radius 1 is 1.10 bits per heavy atom.